The first-order valence-electron chi connectivity index (χ1n) is 8.61. The maximum absolute atomic E-state index is 13.1. The summed E-state index contributed by atoms with van der Waals surface area (Å²) in [6, 6.07) is 6.71. The smallest absolute Gasteiger partial charge is 0.253 e. The molecule has 1 aromatic rings. The Morgan fingerprint density at radius 2 is 1.96 bits per heavy atom. The summed E-state index contributed by atoms with van der Waals surface area (Å²) in [5, 5.41) is 3.22. The van der Waals surface area contributed by atoms with Crippen molar-refractivity contribution in [2.45, 2.75) is 50.8 Å². The Morgan fingerprint density at radius 3 is 2.61 bits per heavy atom. The van der Waals surface area contributed by atoms with Crippen LogP contribution in [0.3, 0.4) is 0 Å². The first kappa shape index (κ1) is 16.4. The van der Waals surface area contributed by atoms with Crippen LogP contribution in [-0.2, 0) is 16.1 Å². The molecule has 3 rings (SSSR count). The van der Waals surface area contributed by atoms with Gasteiger partial charge in [-0.2, -0.15) is 0 Å². The molecule has 4 nitrogen and oxygen atoms in total. The number of morpholine rings is 1. The van der Waals surface area contributed by atoms with Crippen molar-refractivity contribution in [3.63, 3.8) is 0 Å². The lowest BCUT2D eigenvalue weighted by Crippen LogP contribution is -2.52. The van der Waals surface area contributed by atoms with E-state index in [0.29, 0.717) is 19.7 Å². The van der Waals surface area contributed by atoms with Crippen LogP contribution in [0.25, 0.3) is 0 Å². The van der Waals surface area contributed by atoms with Gasteiger partial charge in [0.15, 0.2) is 0 Å². The van der Waals surface area contributed by atoms with Gasteiger partial charge in [-0.25, -0.2) is 4.39 Å². The molecule has 1 aliphatic carbocycles. The fraction of sp³-hybridized carbons (Fsp3) is 0.611. The molecule has 1 aromatic carbocycles. The summed E-state index contributed by atoms with van der Waals surface area (Å²) in [5.41, 5.74) is 0.967. The molecule has 0 unspecified atom stereocenters. The molecule has 1 saturated carbocycles. The fourth-order valence-electron chi connectivity index (χ4n) is 3.48. The molecule has 1 amide bonds. The molecule has 2 fully saturated rings. The number of carbonyl (C=O) groups is 1. The number of hydrogen-bond donors (Lipinski definition) is 1. The van der Waals surface area contributed by atoms with E-state index in [0.717, 1.165) is 24.9 Å². The van der Waals surface area contributed by atoms with Crippen molar-refractivity contribution in [3.05, 3.63) is 35.6 Å². The van der Waals surface area contributed by atoms with Crippen molar-refractivity contribution in [2.24, 2.45) is 0 Å². The van der Waals surface area contributed by atoms with Crippen molar-refractivity contribution >= 4 is 5.91 Å². The zero-order valence-electron chi connectivity index (χ0n) is 13.5. The molecule has 0 aromatic heterocycles. The van der Waals surface area contributed by atoms with Gasteiger partial charge in [-0.15, -0.1) is 0 Å². The minimum absolute atomic E-state index is 0.0634. The summed E-state index contributed by atoms with van der Waals surface area (Å²) in [6.45, 7) is 2.48. The van der Waals surface area contributed by atoms with Gasteiger partial charge in [-0.05, 0) is 30.5 Å². The van der Waals surface area contributed by atoms with Crippen LogP contribution in [0.5, 0.6) is 0 Å². The molecule has 23 heavy (non-hydrogen) atoms. The van der Waals surface area contributed by atoms with Crippen molar-refractivity contribution in [1.82, 2.24) is 10.2 Å². The molecule has 1 aliphatic heterocycles. The number of carbonyl (C=O) groups excluding carboxylic acids is 1. The lowest BCUT2D eigenvalue weighted by molar-refractivity contribution is -0.149. The standard InChI is InChI=1S/C18H25FN2O2/c19-15-8-6-14(7-9-15)13-21(16-4-2-1-3-5-16)18(22)17-12-20-10-11-23-17/h6-9,16-17,20H,1-5,10-13H2/t17-/m0/s1. The maximum Gasteiger partial charge on any atom is 0.253 e. The van der Waals surface area contributed by atoms with Crippen LogP contribution in [0.1, 0.15) is 37.7 Å². The van der Waals surface area contributed by atoms with Crippen LogP contribution in [-0.4, -0.2) is 42.6 Å². The summed E-state index contributed by atoms with van der Waals surface area (Å²) in [7, 11) is 0. The number of ether oxygens (including phenoxy) is 1. The second kappa shape index (κ2) is 7.88. The van der Waals surface area contributed by atoms with Crippen LogP contribution in [0, 0.1) is 5.82 Å². The van der Waals surface area contributed by atoms with Gasteiger partial charge in [0.05, 0.1) is 6.61 Å². The van der Waals surface area contributed by atoms with E-state index in [-0.39, 0.29) is 17.8 Å². The molecule has 1 atom stereocenters. The first-order valence-corrected chi connectivity index (χ1v) is 8.61. The minimum Gasteiger partial charge on any atom is -0.366 e. The molecule has 0 radical (unpaired) electrons. The lowest BCUT2D eigenvalue weighted by Gasteiger charge is -2.37. The molecule has 1 heterocycles. The predicted molar refractivity (Wildman–Crippen MR) is 86.4 cm³/mol. The van der Waals surface area contributed by atoms with Crippen LogP contribution in [0.2, 0.25) is 0 Å². The van der Waals surface area contributed by atoms with Crippen LogP contribution in [0.15, 0.2) is 24.3 Å². The largest absolute Gasteiger partial charge is 0.366 e. The van der Waals surface area contributed by atoms with E-state index in [1.54, 1.807) is 12.1 Å². The van der Waals surface area contributed by atoms with E-state index in [2.05, 4.69) is 5.32 Å². The number of amides is 1. The SMILES string of the molecule is O=C([C@@H]1CNCCO1)N(Cc1ccc(F)cc1)C1CCCCC1. The third-order valence-corrected chi connectivity index (χ3v) is 4.77. The molecular weight excluding hydrogens is 295 g/mol. The van der Waals surface area contributed by atoms with E-state index < -0.39 is 6.10 Å². The highest BCUT2D eigenvalue weighted by Gasteiger charge is 2.32. The monoisotopic (exact) mass is 320 g/mol. The summed E-state index contributed by atoms with van der Waals surface area (Å²) >= 11 is 0. The van der Waals surface area contributed by atoms with Crippen LogP contribution >= 0.6 is 0 Å². The second-order valence-electron chi connectivity index (χ2n) is 6.45. The summed E-state index contributed by atoms with van der Waals surface area (Å²) < 4.78 is 18.8. The molecule has 1 saturated heterocycles. The third kappa shape index (κ3) is 4.30. The maximum atomic E-state index is 13.1. The van der Waals surface area contributed by atoms with Crippen molar-refractivity contribution in [1.29, 1.82) is 0 Å². The molecule has 126 valence electrons. The average Bonchev–Trinajstić information content (AvgIpc) is 2.62. The van der Waals surface area contributed by atoms with Gasteiger partial charge in [-0.1, -0.05) is 31.4 Å². The Bertz CT molecular complexity index is 508. The zero-order valence-corrected chi connectivity index (χ0v) is 13.5. The van der Waals surface area contributed by atoms with Gasteiger partial charge in [0, 0.05) is 25.7 Å². The lowest BCUT2D eigenvalue weighted by atomic mass is 9.93. The van der Waals surface area contributed by atoms with Crippen molar-refractivity contribution in [2.75, 3.05) is 19.7 Å². The predicted octanol–water partition coefficient (Wildman–Crippen LogP) is 2.48. The Morgan fingerprint density at radius 1 is 1.22 bits per heavy atom. The van der Waals surface area contributed by atoms with Gasteiger partial charge in [0.25, 0.3) is 5.91 Å². The first-order chi connectivity index (χ1) is 11.2. The number of hydrogen-bond acceptors (Lipinski definition) is 3. The summed E-state index contributed by atoms with van der Waals surface area (Å²) in [5.74, 6) is -0.183. The quantitative estimate of drug-likeness (QED) is 0.927. The van der Waals surface area contributed by atoms with E-state index in [4.69, 9.17) is 4.74 Å². The van der Waals surface area contributed by atoms with Gasteiger partial charge in [0.1, 0.15) is 11.9 Å². The van der Waals surface area contributed by atoms with Gasteiger partial charge < -0.3 is 15.0 Å². The molecule has 2 aliphatic rings. The molecule has 0 spiro atoms. The average molecular weight is 320 g/mol. The highest BCUT2D eigenvalue weighted by atomic mass is 19.1. The number of rotatable bonds is 4. The number of nitrogens with zero attached hydrogens (tertiary/aromatic N) is 1. The summed E-state index contributed by atoms with van der Waals surface area (Å²) in [6.07, 6.45) is 5.28. The topological polar surface area (TPSA) is 41.6 Å². The van der Waals surface area contributed by atoms with E-state index in [1.807, 2.05) is 4.90 Å². The minimum atomic E-state index is -0.397. The third-order valence-electron chi connectivity index (χ3n) is 4.77. The Balaban J connectivity index is 1.74. The van der Waals surface area contributed by atoms with E-state index in [1.165, 1.54) is 31.4 Å². The highest BCUT2D eigenvalue weighted by Crippen LogP contribution is 2.25. The van der Waals surface area contributed by atoms with Gasteiger partial charge >= 0.3 is 0 Å². The Hall–Kier alpha value is -1.46. The Labute approximate surface area is 137 Å². The molecule has 0 bridgehead atoms. The van der Waals surface area contributed by atoms with Crippen molar-refractivity contribution in [3.8, 4) is 0 Å². The number of halogens is 1. The molecule has 1 N–H and O–H groups in total. The molecule has 5 heteroatoms. The van der Waals surface area contributed by atoms with Crippen molar-refractivity contribution < 1.29 is 13.9 Å². The zero-order chi connectivity index (χ0) is 16.1. The fourth-order valence-corrected chi connectivity index (χ4v) is 3.48. The van der Waals surface area contributed by atoms with E-state index >= 15 is 0 Å². The Kier molecular flexibility index (Phi) is 5.62. The van der Waals surface area contributed by atoms with Gasteiger partial charge in [0.2, 0.25) is 0 Å². The van der Waals surface area contributed by atoms with E-state index in [9.17, 15) is 9.18 Å². The second-order valence-corrected chi connectivity index (χ2v) is 6.45. The normalized spacial score (nSPS) is 22.7. The summed E-state index contributed by atoms with van der Waals surface area (Å²) in [4.78, 5) is 14.9. The van der Waals surface area contributed by atoms with Gasteiger partial charge in [-0.3, -0.25) is 4.79 Å². The number of nitrogens with one attached hydrogen (secondary N) is 1. The number of benzene rings is 1. The highest BCUT2D eigenvalue weighted by molar-refractivity contribution is 5.81. The van der Waals surface area contributed by atoms with Crippen LogP contribution in [0.4, 0.5) is 4.39 Å². The molecular formula is C18H25FN2O2. The van der Waals surface area contributed by atoms with Crippen LogP contribution < -0.4 is 5.32 Å².